The molecule has 3 N–H and O–H groups in total. The van der Waals surface area contributed by atoms with Crippen LogP contribution in [0.3, 0.4) is 0 Å². The van der Waals surface area contributed by atoms with Crippen molar-refractivity contribution in [3.8, 4) is 0 Å². The molecule has 2 rings (SSSR count). The van der Waals surface area contributed by atoms with E-state index in [0.29, 0.717) is 12.2 Å². The largest absolute Gasteiger partial charge is 0.478 e. The lowest BCUT2D eigenvalue weighted by atomic mass is 9.77. The van der Waals surface area contributed by atoms with Crippen LogP contribution in [0.4, 0.5) is 0 Å². The number of aromatic carboxylic acids is 1. The summed E-state index contributed by atoms with van der Waals surface area (Å²) < 4.78 is 0. The van der Waals surface area contributed by atoms with Gasteiger partial charge in [-0.3, -0.25) is 0 Å². The van der Waals surface area contributed by atoms with Gasteiger partial charge in [0.2, 0.25) is 0 Å². The lowest BCUT2D eigenvalue weighted by Gasteiger charge is -2.41. The fourth-order valence-electron chi connectivity index (χ4n) is 1.94. The van der Waals surface area contributed by atoms with Crippen molar-refractivity contribution in [2.24, 2.45) is 0 Å². The van der Waals surface area contributed by atoms with E-state index < -0.39 is 5.97 Å². The molecule has 6 nitrogen and oxygen atoms in total. The quantitative estimate of drug-likeness (QED) is 0.676. The van der Waals surface area contributed by atoms with Crippen LogP contribution in [0.25, 0.3) is 0 Å². The molecule has 0 bridgehead atoms. The Hall–Kier alpha value is -1.53. The number of aliphatic hydroxyl groups excluding tert-OH is 1. The molecule has 6 heteroatoms. The number of nitrogens with one attached hydrogen (secondary N) is 1. The van der Waals surface area contributed by atoms with E-state index in [1.165, 1.54) is 12.5 Å². The first-order valence-electron chi connectivity index (χ1n) is 5.55. The van der Waals surface area contributed by atoms with Crippen LogP contribution < -0.4 is 5.32 Å². The van der Waals surface area contributed by atoms with Gasteiger partial charge in [0.25, 0.3) is 0 Å². The van der Waals surface area contributed by atoms with Crippen LogP contribution in [0.15, 0.2) is 12.5 Å². The summed E-state index contributed by atoms with van der Waals surface area (Å²) in [5, 5.41) is 21.4. The Balaban J connectivity index is 2.06. The van der Waals surface area contributed by atoms with Crippen molar-refractivity contribution in [2.75, 3.05) is 6.61 Å². The van der Waals surface area contributed by atoms with Crippen molar-refractivity contribution in [3.63, 3.8) is 0 Å². The topological polar surface area (TPSA) is 95.3 Å². The second kappa shape index (κ2) is 4.77. The first-order chi connectivity index (χ1) is 8.17. The maximum absolute atomic E-state index is 10.9. The molecule has 92 valence electrons. The van der Waals surface area contributed by atoms with Gasteiger partial charge in [0.15, 0.2) is 0 Å². The summed E-state index contributed by atoms with van der Waals surface area (Å²) in [6.45, 7) is 0.408. The molecule has 1 aromatic heterocycles. The van der Waals surface area contributed by atoms with Gasteiger partial charge in [-0.1, -0.05) is 0 Å². The van der Waals surface area contributed by atoms with Gasteiger partial charge in [0.1, 0.15) is 11.9 Å². The van der Waals surface area contributed by atoms with E-state index in [9.17, 15) is 9.90 Å². The van der Waals surface area contributed by atoms with Gasteiger partial charge in [-0.05, 0) is 19.3 Å². The molecule has 0 unspecified atom stereocenters. The molecule has 1 aliphatic rings. The van der Waals surface area contributed by atoms with Gasteiger partial charge in [0.05, 0.1) is 12.3 Å². The lowest BCUT2D eigenvalue weighted by Crippen LogP contribution is -2.53. The fraction of sp³-hybridized carbons (Fsp3) is 0.545. The van der Waals surface area contributed by atoms with E-state index in [-0.39, 0.29) is 17.7 Å². The van der Waals surface area contributed by atoms with Crippen molar-refractivity contribution in [3.05, 3.63) is 23.8 Å². The zero-order valence-corrected chi connectivity index (χ0v) is 9.39. The van der Waals surface area contributed by atoms with Crippen LogP contribution in [0, 0.1) is 0 Å². The average Bonchev–Trinajstić information content (AvgIpc) is 2.28. The number of rotatable bonds is 5. The van der Waals surface area contributed by atoms with Gasteiger partial charge in [-0.15, -0.1) is 0 Å². The van der Waals surface area contributed by atoms with E-state index in [1.54, 1.807) is 0 Å². The van der Waals surface area contributed by atoms with Crippen molar-refractivity contribution >= 4 is 5.97 Å². The molecular formula is C11H15N3O3. The number of hydrogen-bond acceptors (Lipinski definition) is 5. The molecule has 1 saturated carbocycles. The average molecular weight is 237 g/mol. The van der Waals surface area contributed by atoms with Gasteiger partial charge in [-0.2, -0.15) is 0 Å². The predicted molar refractivity (Wildman–Crippen MR) is 59.5 cm³/mol. The molecule has 1 fully saturated rings. The monoisotopic (exact) mass is 237 g/mol. The third-order valence-corrected chi connectivity index (χ3v) is 3.27. The molecule has 0 aromatic carbocycles. The molecule has 1 heterocycles. The normalized spacial score (nSPS) is 17.5. The van der Waals surface area contributed by atoms with Crippen molar-refractivity contribution in [2.45, 2.75) is 31.3 Å². The highest BCUT2D eigenvalue weighted by atomic mass is 16.4. The fourth-order valence-corrected chi connectivity index (χ4v) is 1.94. The Labute approximate surface area is 98.7 Å². The zero-order valence-electron chi connectivity index (χ0n) is 9.39. The second-order valence-electron chi connectivity index (χ2n) is 4.33. The highest BCUT2D eigenvalue weighted by Crippen LogP contribution is 2.31. The summed E-state index contributed by atoms with van der Waals surface area (Å²) in [6, 6.07) is 0. The van der Waals surface area contributed by atoms with E-state index in [0.717, 1.165) is 19.3 Å². The number of aliphatic hydroxyl groups is 1. The summed E-state index contributed by atoms with van der Waals surface area (Å²) in [6.07, 6.45) is 5.53. The molecule has 1 aliphatic carbocycles. The Morgan fingerprint density at radius 3 is 2.82 bits per heavy atom. The number of nitrogens with zero attached hydrogens (tertiary/aromatic N) is 2. The number of hydrogen-bond donors (Lipinski definition) is 3. The Kier molecular flexibility index (Phi) is 3.35. The second-order valence-corrected chi connectivity index (χ2v) is 4.33. The Morgan fingerprint density at radius 1 is 1.53 bits per heavy atom. The number of carboxylic acids is 1. The Morgan fingerprint density at radius 2 is 2.29 bits per heavy atom. The highest BCUT2D eigenvalue weighted by Gasteiger charge is 2.35. The van der Waals surface area contributed by atoms with Gasteiger partial charge in [0, 0.05) is 18.3 Å². The first kappa shape index (κ1) is 11.9. The molecule has 1 aromatic rings. The van der Waals surface area contributed by atoms with E-state index in [2.05, 4.69) is 15.3 Å². The molecule has 17 heavy (non-hydrogen) atoms. The SMILES string of the molecule is O=C(O)c1cncnc1CNC1(CO)CCC1. The molecule has 0 saturated heterocycles. The number of carbonyl (C=O) groups is 1. The van der Waals surface area contributed by atoms with Crippen LogP contribution >= 0.6 is 0 Å². The molecule has 0 aliphatic heterocycles. The van der Waals surface area contributed by atoms with Crippen LogP contribution in [0.5, 0.6) is 0 Å². The van der Waals surface area contributed by atoms with Crippen LogP contribution in [0.1, 0.15) is 35.3 Å². The van der Waals surface area contributed by atoms with Crippen LogP contribution in [0.2, 0.25) is 0 Å². The van der Waals surface area contributed by atoms with Crippen LogP contribution in [-0.2, 0) is 6.54 Å². The molecule has 0 atom stereocenters. The minimum absolute atomic E-state index is 0.0699. The number of carboxylic acid groups (broad SMARTS) is 1. The zero-order chi connectivity index (χ0) is 12.3. The minimum atomic E-state index is -1.03. The molecule has 0 spiro atoms. The van der Waals surface area contributed by atoms with Gasteiger partial charge in [-0.25, -0.2) is 14.8 Å². The Bertz CT molecular complexity index is 413. The first-order valence-corrected chi connectivity index (χ1v) is 5.55. The maximum atomic E-state index is 10.9. The summed E-state index contributed by atoms with van der Waals surface area (Å²) in [5.41, 5.74) is 0.306. The number of aromatic nitrogens is 2. The standard InChI is InChI=1S/C11H15N3O3/c15-6-11(2-1-3-11)14-5-9-8(10(16)17)4-12-7-13-9/h4,7,14-15H,1-3,5-6H2,(H,16,17). The van der Waals surface area contributed by atoms with Crippen LogP contribution in [-0.4, -0.2) is 38.3 Å². The highest BCUT2D eigenvalue weighted by molar-refractivity contribution is 5.88. The van der Waals surface area contributed by atoms with Gasteiger partial charge >= 0.3 is 5.97 Å². The summed E-state index contributed by atoms with van der Waals surface area (Å²) in [7, 11) is 0. The predicted octanol–water partition coefficient (Wildman–Crippen LogP) is 0.179. The van der Waals surface area contributed by atoms with E-state index >= 15 is 0 Å². The van der Waals surface area contributed by atoms with Gasteiger partial charge < -0.3 is 15.5 Å². The maximum Gasteiger partial charge on any atom is 0.339 e. The third-order valence-electron chi connectivity index (χ3n) is 3.27. The van der Waals surface area contributed by atoms with Crippen molar-refractivity contribution < 1.29 is 15.0 Å². The summed E-state index contributed by atoms with van der Waals surface area (Å²) in [5.74, 6) is -1.03. The molecule has 0 amide bonds. The van der Waals surface area contributed by atoms with Crippen molar-refractivity contribution in [1.29, 1.82) is 0 Å². The van der Waals surface area contributed by atoms with E-state index in [4.69, 9.17) is 5.11 Å². The molecular weight excluding hydrogens is 222 g/mol. The van der Waals surface area contributed by atoms with Crippen molar-refractivity contribution in [1.82, 2.24) is 15.3 Å². The summed E-state index contributed by atoms with van der Waals surface area (Å²) in [4.78, 5) is 18.6. The third kappa shape index (κ3) is 2.42. The minimum Gasteiger partial charge on any atom is -0.478 e. The lowest BCUT2D eigenvalue weighted by molar-refractivity contribution is 0.0691. The van der Waals surface area contributed by atoms with E-state index in [1.807, 2.05) is 0 Å². The summed E-state index contributed by atoms with van der Waals surface area (Å²) >= 11 is 0. The smallest absolute Gasteiger partial charge is 0.339 e. The molecule has 0 radical (unpaired) electrons.